The second-order valence-corrected chi connectivity index (χ2v) is 6.69. The molecule has 1 aromatic carbocycles. The van der Waals surface area contributed by atoms with Crippen molar-refractivity contribution in [2.45, 2.75) is 53.0 Å². The predicted molar refractivity (Wildman–Crippen MR) is 87.0 cm³/mol. The van der Waals surface area contributed by atoms with Crippen LogP contribution < -0.4 is 10.5 Å². The lowest BCUT2D eigenvalue weighted by Gasteiger charge is -2.23. The summed E-state index contributed by atoms with van der Waals surface area (Å²) in [6, 6.07) is 8.27. The van der Waals surface area contributed by atoms with E-state index in [1.165, 1.54) is 0 Å². The standard InChI is InChI=1S/C17H25N3O/c1-11(2)20-16(15(18)12(3)19-20)21-14-10-8-7-9-13(14)17(4,5)6/h7-11H,18H2,1-6H3. The Morgan fingerprint density at radius 1 is 1.19 bits per heavy atom. The van der Waals surface area contributed by atoms with Crippen LogP contribution in [0.4, 0.5) is 5.69 Å². The van der Waals surface area contributed by atoms with E-state index in [0.717, 1.165) is 17.0 Å². The molecular formula is C17H25N3O. The maximum atomic E-state index is 6.16. The Hall–Kier alpha value is -1.97. The van der Waals surface area contributed by atoms with Crippen LogP contribution in [0.25, 0.3) is 0 Å². The van der Waals surface area contributed by atoms with Gasteiger partial charge in [0.15, 0.2) is 0 Å². The van der Waals surface area contributed by atoms with Crippen LogP contribution in [0.5, 0.6) is 11.6 Å². The number of hydrogen-bond acceptors (Lipinski definition) is 3. The van der Waals surface area contributed by atoms with Crippen molar-refractivity contribution in [3.05, 3.63) is 35.5 Å². The zero-order valence-corrected chi connectivity index (χ0v) is 13.8. The third-order valence-corrected chi connectivity index (χ3v) is 3.48. The van der Waals surface area contributed by atoms with E-state index in [1.54, 1.807) is 0 Å². The zero-order valence-electron chi connectivity index (χ0n) is 13.8. The van der Waals surface area contributed by atoms with Crippen molar-refractivity contribution in [1.82, 2.24) is 9.78 Å². The highest BCUT2D eigenvalue weighted by Gasteiger charge is 2.22. The minimum atomic E-state index is 0.00306. The van der Waals surface area contributed by atoms with Crippen molar-refractivity contribution in [2.24, 2.45) is 0 Å². The Morgan fingerprint density at radius 2 is 1.81 bits per heavy atom. The fraction of sp³-hybridized carbons (Fsp3) is 0.471. The molecule has 0 radical (unpaired) electrons. The average molecular weight is 287 g/mol. The molecule has 1 aromatic heterocycles. The van der Waals surface area contributed by atoms with E-state index in [-0.39, 0.29) is 11.5 Å². The summed E-state index contributed by atoms with van der Waals surface area (Å²) >= 11 is 0. The lowest BCUT2D eigenvalue weighted by atomic mass is 9.86. The number of aromatic nitrogens is 2. The number of ether oxygens (including phenoxy) is 1. The first-order valence-electron chi connectivity index (χ1n) is 7.33. The summed E-state index contributed by atoms with van der Waals surface area (Å²) in [5, 5.41) is 4.46. The normalized spacial score (nSPS) is 12.0. The highest BCUT2D eigenvalue weighted by molar-refractivity contribution is 5.55. The molecule has 2 aromatic rings. The summed E-state index contributed by atoms with van der Waals surface area (Å²) in [6.45, 7) is 12.5. The second kappa shape index (κ2) is 5.43. The van der Waals surface area contributed by atoms with E-state index in [0.29, 0.717) is 11.6 Å². The van der Waals surface area contributed by atoms with E-state index >= 15 is 0 Å². The highest BCUT2D eigenvalue weighted by atomic mass is 16.5. The van der Waals surface area contributed by atoms with Gasteiger partial charge in [-0.2, -0.15) is 5.10 Å². The van der Waals surface area contributed by atoms with Gasteiger partial charge in [-0.05, 0) is 32.3 Å². The molecule has 0 saturated heterocycles. The molecule has 0 bridgehead atoms. The first kappa shape index (κ1) is 15.4. The molecule has 2 N–H and O–H groups in total. The molecule has 0 atom stereocenters. The summed E-state index contributed by atoms with van der Waals surface area (Å²) in [7, 11) is 0. The van der Waals surface area contributed by atoms with Crippen molar-refractivity contribution in [1.29, 1.82) is 0 Å². The average Bonchev–Trinajstić information content (AvgIpc) is 2.67. The molecule has 0 unspecified atom stereocenters. The molecule has 0 aliphatic heterocycles. The fourth-order valence-corrected chi connectivity index (χ4v) is 2.27. The number of aryl methyl sites for hydroxylation is 1. The molecule has 4 heteroatoms. The number of nitrogen functional groups attached to an aromatic ring is 1. The lowest BCUT2D eigenvalue weighted by molar-refractivity contribution is 0.380. The van der Waals surface area contributed by atoms with Crippen molar-refractivity contribution in [3.8, 4) is 11.6 Å². The summed E-state index contributed by atoms with van der Waals surface area (Å²) in [5.41, 5.74) is 8.70. The Morgan fingerprint density at radius 3 is 2.38 bits per heavy atom. The van der Waals surface area contributed by atoms with Gasteiger partial charge in [-0.15, -0.1) is 0 Å². The van der Waals surface area contributed by atoms with Crippen LogP contribution in [0.2, 0.25) is 0 Å². The van der Waals surface area contributed by atoms with Gasteiger partial charge in [-0.3, -0.25) is 0 Å². The predicted octanol–water partition coefficient (Wildman–Crippen LogP) is 4.44. The van der Waals surface area contributed by atoms with Crippen molar-refractivity contribution >= 4 is 5.69 Å². The van der Waals surface area contributed by atoms with Gasteiger partial charge in [-0.1, -0.05) is 39.0 Å². The lowest BCUT2D eigenvalue weighted by Crippen LogP contribution is -2.13. The quantitative estimate of drug-likeness (QED) is 0.907. The van der Waals surface area contributed by atoms with Crippen LogP contribution in [0.15, 0.2) is 24.3 Å². The first-order valence-corrected chi connectivity index (χ1v) is 7.33. The van der Waals surface area contributed by atoms with Crippen LogP contribution >= 0.6 is 0 Å². The van der Waals surface area contributed by atoms with Crippen LogP contribution in [-0.2, 0) is 5.41 Å². The number of nitrogens with zero attached hydrogens (tertiary/aromatic N) is 2. The number of anilines is 1. The number of para-hydroxylation sites is 1. The number of nitrogens with two attached hydrogens (primary N) is 1. The van der Waals surface area contributed by atoms with Gasteiger partial charge in [0, 0.05) is 5.56 Å². The number of hydrogen-bond donors (Lipinski definition) is 1. The maximum Gasteiger partial charge on any atom is 0.241 e. The van der Waals surface area contributed by atoms with E-state index in [1.807, 2.05) is 29.8 Å². The largest absolute Gasteiger partial charge is 0.437 e. The SMILES string of the molecule is Cc1nn(C(C)C)c(Oc2ccccc2C(C)(C)C)c1N. The van der Waals surface area contributed by atoms with Gasteiger partial charge >= 0.3 is 0 Å². The second-order valence-electron chi connectivity index (χ2n) is 6.69. The van der Waals surface area contributed by atoms with Crippen LogP contribution in [-0.4, -0.2) is 9.78 Å². The molecule has 0 aliphatic rings. The van der Waals surface area contributed by atoms with E-state index in [4.69, 9.17) is 10.5 Å². The molecular weight excluding hydrogens is 262 g/mol. The summed E-state index contributed by atoms with van der Waals surface area (Å²) in [6.07, 6.45) is 0. The minimum absolute atomic E-state index is 0.00306. The Kier molecular flexibility index (Phi) is 3.99. The van der Waals surface area contributed by atoms with Crippen molar-refractivity contribution < 1.29 is 4.74 Å². The molecule has 21 heavy (non-hydrogen) atoms. The Balaban J connectivity index is 2.49. The van der Waals surface area contributed by atoms with E-state index in [2.05, 4.69) is 45.8 Å². The molecule has 2 rings (SSSR count). The van der Waals surface area contributed by atoms with Gasteiger partial charge in [0.05, 0.1) is 11.7 Å². The minimum Gasteiger partial charge on any atom is -0.437 e. The number of rotatable bonds is 3. The topological polar surface area (TPSA) is 53.1 Å². The molecule has 0 spiro atoms. The van der Waals surface area contributed by atoms with Crippen LogP contribution in [0.3, 0.4) is 0 Å². The molecule has 4 nitrogen and oxygen atoms in total. The van der Waals surface area contributed by atoms with Gasteiger partial charge in [0.1, 0.15) is 11.4 Å². The summed E-state index contributed by atoms with van der Waals surface area (Å²) < 4.78 is 7.99. The fourth-order valence-electron chi connectivity index (χ4n) is 2.27. The first-order chi connectivity index (χ1) is 9.71. The van der Waals surface area contributed by atoms with Gasteiger partial charge in [0.25, 0.3) is 0 Å². The third kappa shape index (κ3) is 3.04. The molecule has 114 valence electrons. The van der Waals surface area contributed by atoms with Gasteiger partial charge in [0.2, 0.25) is 5.88 Å². The monoisotopic (exact) mass is 287 g/mol. The molecule has 0 fully saturated rings. The Bertz CT molecular complexity index is 636. The molecule has 0 saturated carbocycles. The zero-order chi connectivity index (χ0) is 15.8. The van der Waals surface area contributed by atoms with E-state index in [9.17, 15) is 0 Å². The smallest absolute Gasteiger partial charge is 0.241 e. The van der Waals surface area contributed by atoms with Crippen molar-refractivity contribution in [3.63, 3.8) is 0 Å². The van der Waals surface area contributed by atoms with Crippen molar-refractivity contribution in [2.75, 3.05) is 5.73 Å². The number of benzene rings is 1. The van der Waals surface area contributed by atoms with Gasteiger partial charge in [-0.25, -0.2) is 4.68 Å². The molecule has 0 amide bonds. The molecule has 1 heterocycles. The Labute approximate surface area is 126 Å². The highest BCUT2D eigenvalue weighted by Crippen LogP contribution is 2.37. The van der Waals surface area contributed by atoms with Crippen LogP contribution in [0, 0.1) is 6.92 Å². The maximum absolute atomic E-state index is 6.16. The summed E-state index contributed by atoms with van der Waals surface area (Å²) in [5.74, 6) is 1.46. The third-order valence-electron chi connectivity index (χ3n) is 3.48. The van der Waals surface area contributed by atoms with E-state index < -0.39 is 0 Å². The van der Waals surface area contributed by atoms with Crippen LogP contribution in [0.1, 0.15) is 51.9 Å². The summed E-state index contributed by atoms with van der Waals surface area (Å²) in [4.78, 5) is 0. The van der Waals surface area contributed by atoms with Gasteiger partial charge < -0.3 is 10.5 Å². The molecule has 0 aliphatic carbocycles.